The maximum atomic E-state index is 12.2. The molecule has 0 aromatic carbocycles. The van der Waals surface area contributed by atoms with Gasteiger partial charge in [-0.05, 0) is 32.7 Å². The van der Waals surface area contributed by atoms with Gasteiger partial charge in [0.1, 0.15) is 0 Å². The van der Waals surface area contributed by atoms with E-state index in [9.17, 15) is 13.2 Å². The molecule has 1 N–H and O–H groups in total. The summed E-state index contributed by atoms with van der Waals surface area (Å²) in [5, 5.41) is 3.46. The van der Waals surface area contributed by atoms with Crippen LogP contribution in [0.4, 0.5) is 13.2 Å². The summed E-state index contributed by atoms with van der Waals surface area (Å²) in [6, 6.07) is 0.339. The van der Waals surface area contributed by atoms with Gasteiger partial charge in [0.15, 0.2) is 0 Å². The summed E-state index contributed by atoms with van der Waals surface area (Å²) in [5.41, 5.74) is -0.0103. The Bertz CT molecular complexity index is 261. The Hall–Kier alpha value is -0.290. The predicted octanol–water partition coefficient (Wildman–Crippen LogP) is 3.04. The van der Waals surface area contributed by atoms with E-state index in [2.05, 4.69) is 37.9 Å². The lowest BCUT2D eigenvalue weighted by atomic mass is 9.93. The van der Waals surface area contributed by atoms with Crippen LogP contribution in [-0.2, 0) is 0 Å². The maximum Gasteiger partial charge on any atom is 0.389 e. The Morgan fingerprint density at radius 2 is 1.94 bits per heavy atom. The third kappa shape index (κ3) is 5.14. The van der Waals surface area contributed by atoms with Gasteiger partial charge in [-0.15, -0.1) is 0 Å². The van der Waals surface area contributed by atoms with Crippen LogP contribution in [0.3, 0.4) is 0 Å². The van der Waals surface area contributed by atoms with E-state index in [1.807, 2.05) is 0 Å². The average Bonchev–Trinajstić information content (AvgIpc) is 2.13. The van der Waals surface area contributed by atoms with Gasteiger partial charge in [-0.1, -0.05) is 13.8 Å². The highest BCUT2D eigenvalue weighted by atomic mass is 19.4. The minimum Gasteiger partial charge on any atom is -0.309 e. The van der Waals surface area contributed by atoms with Gasteiger partial charge in [0.05, 0.1) is 0 Å². The second-order valence-corrected chi connectivity index (χ2v) is 6.27. The molecule has 0 bridgehead atoms. The van der Waals surface area contributed by atoms with Gasteiger partial charge in [-0.2, -0.15) is 13.2 Å². The van der Waals surface area contributed by atoms with E-state index in [0.717, 1.165) is 13.1 Å². The van der Waals surface area contributed by atoms with Crippen LogP contribution in [0.1, 0.15) is 40.5 Å². The number of halogens is 3. The van der Waals surface area contributed by atoms with Crippen molar-refractivity contribution in [3.63, 3.8) is 0 Å². The molecule has 0 amide bonds. The third-order valence-corrected chi connectivity index (χ3v) is 3.53. The minimum absolute atomic E-state index is 0.0103. The minimum atomic E-state index is -4.03. The monoisotopic (exact) mass is 266 g/mol. The number of hydrogen-bond acceptors (Lipinski definition) is 2. The molecule has 1 unspecified atom stereocenters. The third-order valence-electron chi connectivity index (χ3n) is 3.53. The molecule has 5 heteroatoms. The van der Waals surface area contributed by atoms with Gasteiger partial charge >= 0.3 is 6.18 Å². The summed E-state index contributed by atoms with van der Waals surface area (Å²) in [7, 11) is 0. The molecule has 108 valence electrons. The Labute approximate surface area is 108 Å². The first kappa shape index (κ1) is 15.8. The normalized spacial score (nSPS) is 25.7. The zero-order valence-electron chi connectivity index (χ0n) is 11.8. The lowest BCUT2D eigenvalue weighted by Crippen LogP contribution is -2.63. The van der Waals surface area contributed by atoms with Crippen molar-refractivity contribution in [3.05, 3.63) is 0 Å². The molecule has 1 heterocycles. The topological polar surface area (TPSA) is 15.3 Å². The molecule has 1 rings (SSSR count). The van der Waals surface area contributed by atoms with Crippen LogP contribution in [-0.4, -0.2) is 42.3 Å². The van der Waals surface area contributed by atoms with Crippen molar-refractivity contribution in [3.8, 4) is 0 Å². The first-order valence-corrected chi connectivity index (χ1v) is 6.66. The fourth-order valence-corrected chi connectivity index (χ4v) is 2.58. The molecular formula is C13H25F3N2. The number of alkyl halides is 3. The van der Waals surface area contributed by atoms with Gasteiger partial charge in [0, 0.05) is 31.1 Å². The highest BCUT2D eigenvalue weighted by molar-refractivity contribution is 4.93. The molecule has 18 heavy (non-hydrogen) atoms. The van der Waals surface area contributed by atoms with Gasteiger partial charge in [0.25, 0.3) is 0 Å². The molecule has 0 saturated carbocycles. The van der Waals surface area contributed by atoms with Crippen LogP contribution in [0.2, 0.25) is 0 Å². The number of piperazine rings is 1. The van der Waals surface area contributed by atoms with E-state index >= 15 is 0 Å². The molecule has 1 aliphatic rings. The molecule has 0 aliphatic carbocycles. The zero-order valence-corrected chi connectivity index (χ0v) is 11.8. The van der Waals surface area contributed by atoms with Gasteiger partial charge in [0.2, 0.25) is 0 Å². The summed E-state index contributed by atoms with van der Waals surface area (Å²) in [5.74, 6) is 0.458. The molecule has 1 aliphatic heterocycles. The van der Waals surface area contributed by atoms with Crippen LogP contribution in [0.15, 0.2) is 0 Å². The molecule has 1 atom stereocenters. The van der Waals surface area contributed by atoms with Gasteiger partial charge in [-0.25, -0.2) is 0 Å². The Kier molecular flexibility index (Phi) is 5.06. The number of rotatable bonds is 4. The van der Waals surface area contributed by atoms with Gasteiger partial charge < -0.3 is 5.32 Å². The molecule has 0 aromatic heterocycles. The fourth-order valence-electron chi connectivity index (χ4n) is 2.58. The van der Waals surface area contributed by atoms with Crippen molar-refractivity contribution >= 4 is 0 Å². The molecule has 1 fully saturated rings. The molecule has 0 radical (unpaired) electrons. The predicted molar refractivity (Wildman–Crippen MR) is 67.6 cm³/mol. The molecule has 2 nitrogen and oxygen atoms in total. The standard InChI is InChI=1S/C13H25F3N2/c1-10(2)11-8-17-12(3,4)9-18(11)7-5-6-13(14,15)16/h10-11,17H,5-9H2,1-4H3. The molecule has 0 aromatic rings. The van der Waals surface area contributed by atoms with Crippen molar-refractivity contribution in [2.75, 3.05) is 19.6 Å². The van der Waals surface area contributed by atoms with Crippen LogP contribution < -0.4 is 5.32 Å². The Balaban J connectivity index is 2.51. The Morgan fingerprint density at radius 1 is 1.33 bits per heavy atom. The van der Waals surface area contributed by atoms with E-state index in [0.29, 0.717) is 18.5 Å². The SMILES string of the molecule is CC(C)C1CNC(C)(C)CN1CCCC(F)(F)F. The lowest BCUT2D eigenvalue weighted by molar-refractivity contribution is -0.136. The van der Waals surface area contributed by atoms with Gasteiger partial charge in [-0.3, -0.25) is 4.90 Å². The summed E-state index contributed by atoms with van der Waals surface area (Å²) >= 11 is 0. The van der Waals surface area contributed by atoms with E-state index in [1.54, 1.807) is 0 Å². The summed E-state index contributed by atoms with van der Waals surface area (Å²) in [4.78, 5) is 2.22. The number of nitrogens with zero attached hydrogens (tertiary/aromatic N) is 1. The quantitative estimate of drug-likeness (QED) is 0.841. The van der Waals surface area contributed by atoms with Crippen LogP contribution in [0.25, 0.3) is 0 Å². The second kappa shape index (κ2) is 5.78. The van der Waals surface area contributed by atoms with Crippen LogP contribution in [0, 0.1) is 5.92 Å². The van der Waals surface area contributed by atoms with E-state index < -0.39 is 12.6 Å². The van der Waals surface area contributed by atoms with E-state index in [4.69, 9.17) is 0 Å². The van der Waals surface area contributed by atoms with E-state index in [1.165, 1.54) is 0 Å². The highest BCUT2D eigenvalue weighted by Crippen LogP contribution is 2.24. The maximum absolute atomic E-state index is 12.2. The van der Waals surface area contributed by atoms with Crippen LogP contribution >= 0.6 is 0 Å². The smallest absolute Gasteiger partial charge is 0.309 e. The second-order valence-electron chi connectivity index (χ2n) is 6.27. The van der Waals surface area contributed by atoms with Crippen molar-refractivity contribution in [1.82, 2.24) is 10.2 Å². The zero-order chi connectivity index (χ0) is 14.0. The first-order valence-electron chi connectivity index (χ1n) is 6.66. The van der Waals surface area contributed by atoms with Crippen molar-refractivity contribution < 1.29 is 13.2 Å². The largest absolute Gasteiger partial charge is 0.389 e. The van der Waals surface area contributed by atoms with E-state index in [-0.39, 0.29) is 12.0 Å². The first-order chi connectivity index (χ1) is 8.11. The molecule has 0 spiro atoms. The number of hydrogen-bond donors (Lipinski definition) is 1. The van der Waals surface area contributed by atoms with Crippen molar-refractivity contribution in [1.29, 1.82) is 0 Å². The van der Waals surface area contributed by atoms with Crippen LogP contribution in [0.5, 0.6) is 0 Å². The molecular weight excluding hydrogens is 241 g/mol. The van der Waals surface area contributed by atoms with Crippen molar-refractivity contribution in [2.45, 2.75) is 58.3 Å². The average molecular weight is 266 g/mol. The van der Waals surface area contributed by atoms with Crippen molar-refractivity contribution in [2.24, 2.45) is 5.92 Å². The fraction of sp³-hybridized carbons (Fsp3) is 1.00. The Morgan fingerprint density at radius 3 is 2.44 bits per heavy atom. The number of nitrogens with one attached hydrogen (secondary N) is 1. The summed E-state index contributed by atoms with van der Waals surface area (Å²) in [6.45, 7) is 10.7. The molecule has 1 saturated heterocycles. The lowest BCUT2D eigenvalue weighted by Gasteiger charge is -2.46. The highest BCUT2D eigenvalue weighted by Gasteiger charge is 2.34. The summed E-state index contributed by atoms with van der Waals surface area (Å²) in [6.07, 6.45) is -4.51. The summed E-state index contributed by atoms with van der Waals surface area (Å²) < 4.78 is 36.6.